The van der Waals surface area contributed by atoms with E-state index in [2.05, 4.69) is 40.7 Å². The van der Waals surface area contributed by atoms with E-state index in [0.717, 1.165) is 0 Å². The average Bonchev–Trinajstić information content (AvgIpc) is 2.30. The van der Waals surface area contributed by atoms with Crippen molar-refractivity contribution in [1.82, 2.24) is 0 Å². The maximum absolute atomic E-state index is 4.69. The number of nitrogens with zero attached hydrogens (tertiary/aromatic N) is 1. The van der Waals surface area contributed by atoms with Crippen LogP contribution in [0.2, 0.25) is 0 Å². The van der Waals surface area contributed by atoms with Crippen molar-refractivity contribution in [2.45, 2.75) is 40.7 Å². The third-order valence-corrected chi connectivity index (χ3v) is 2.34. The molecular formula is C11H19N. The first-order valence-corrected chi connectivity index (χ1v) is 4.79. The molecule has 1 nitrogen and oxygen atoms in total. The van der Waals surface area contributed by atoms with Gasteiger partial charge in [-0.25, -0.2) is 0 Å². The van der Waals surface area contributed by atoms with Gasteiger partial charge in [0.15, 0.2) is 0 Å². The molecule has 12 heavy (non-hydrogen) atoms. The van der Waals surface area contributed by atoms with Crippen molar-refractivity contribution in [1.29, 1.82) is 0 Å². The zero-order valence-corrected chi connectivity index (χ0v) is 8.76. The fraction of sp³-hybridized carbons (Fsp3) is 0.727. The maximum atomic E-state index is 4.69. The first kappa shape index (κ1) is 9.50. The second kappa shape index (κ2) is 3.42. The summed E-state index contributed by atoms with van der Waals surface area (Å²) >= 11 is 0. The minimum absolute atomic E-state index is 0.433. The Morgan fingerprint density at radius 2 is 1.83 bits per heavy atom. The molecule has 0 aromatic carbocycles. The van der Waals surface area contributed by atoms with E-state index < -0.39 is 0 Å². The summed E-state index contributed by atoms with van der Waals surface area (Å²) in [6.07, 6.45) is 2.29. The minimum Gasteiger partial charge on any atom is -0.281 e. The van der Waals surface area contributed by atoms with Crippen molar-refractivity contribution in [2.24, 2.45) is 16.8 Å². The lowest BCUT2D eigenvalue weighted by Gasteiger charge is -2.09. The molecule has 1 rings (SSSR count). The highest BCUT2D eigenvalue weighted by Gasteiger charge is 2.20. The van der Waals surface area contributed by atoms with E-state index in [-0.39, 0.29) is 0 Å². The Hall–Kier alpha value is -0.590. The van der Waals surface area contributed by atoms with Gasteiger partial charge in [-0.3, -0.25) is 4.99 Å². The highest BCUT2D eigenvalue weighted by molar-refractivity contribution is 6.02. The Kier molecular flexibility index (Phi) is 2.71. The molecule has 0 aromatic rings. The van der Waals surface area contributed by atoms with Gasteiger partial charge in [-0.1, -0.05) is 33.8 Å². The van der Waals surface area contributed by atoms with Gasteiger partial charge in [0.05, 0.1) is 6.04 Å². The number of allylic oxidation sites excluding steroid dienone is 1. The van der Waals surface area contributed by atoms with Crippen molar-refractivity contribution in [3.63, 3.8) is 0 Å². The third kappa shape index (κ3) is 1.77. The van der Waals surface area contributed by atoms with Crippen LogP contribution in [0.4, 0.5) is 0 Å². The summed E-state index contributed by atoms with van der Waals surface area (Å²) in [5.41, 5.74) is 2.68. The van der Waals surface area contributed by atoms with E-state index in [1.54, 1.807) is 0 Å². The van der Waals surface area contributed by atoms with E-state index >= 15 is 0 Å². The van der Waals surface area contributed by atoms with Crippen molar-refractivity contribution in [2.75, 3.05) is 0 Å². The number of hydrogen-bond acceptors (Lipinski definition) is 1. The Bertz CT molecular complexity index is 221. The van der Waals surface area contributed by atoms with E-state index in [1.165, 1.54) is 11.3 Å². The number of rotatable bonds is 2. The molecule has 0 saturated heterocycles. The fourth-order valence-electron chi connectivity index (χ4n) is 1.59. The van der Waals surface area contributed by atoms with Crippen LogP contribution < -0.4 is 0 Å². The second-order valence-electron chi connectivity index (χ2n) is 4.25. The highest BCUT2D eigenvalue weighted by atomic mass is 14.8. The quantitative estimate of drug-likeness (QED) is 0.596. The second-order valence-corrected chi connectivity index (χ2v) is 4.25. The fourth-order valence-corrected chi connectivity index (χ4v) is 1.59. The Labute approximate surface area is 75.6 Å². The minimum atomic E-state index is 0.433. The number of aliphatic imine (C=N–C) groups is 1. The van der Waals surface area contributed by atoms with Crippen molar-refractivity contribution < 1.29 is 0 Å². The molecule has 0 spiro atoms. The van der Waals surface area contributed by atoms with Crippen LogP contribution in [0, 0.1) is 11.8 Å². The standard InChI is InChI=1S/C11H19N/c1-7(2)10-6-9(5)11(12-10)8(3)4/h6-8,10H,1-5H3. The van der Waals surface area contributed by atoms with E-state index in [1.807, 2.05) is 0 Å². The summed E-state index contributed by atoms with van der Waals surface area (Å²) in [4.78, 5) is 4.69. The lowest BCUT2D eigenvalue weighted by Crippen LogP contribution is -2.09. The predicted molar refractivity (Wildman–Crippen MR) is 54.7 cm³/mol. The molecule has 1 unspecified atom stereocenters. The molecule has 0 saturated carbocycles. The molecule has 0 N–H and O–H groups in total. The molecule has 0 bridgehead atoms. The van der Waals surface area contributed by atoms with Gasteiger partial charge in [0, 0.05) is 5.71 Å². The van der Waals surface area contributed by atoms with Gasteiger partial charge >= 0.3 is 0 Å². The molecule has 0 amide bonds. The molecule has 1 aliphatic rings. The van der Waals surface area contributed by atoms with E-state index in [9.17, 15) is 0 Å². The van der Waals surface area contributed by atoms with Gasteiger partial charge in [0.1, 0.15) is 0 Å². The van der Waals surface area contributed by atoms with Crippen LogP contribution in [0.3, 0.4) is 0 Å². The molecule has 0 radical (unpaired) electrons. The third-order valence-electron chi connectivity index (χ3n) is 2.34. The van der Waals surface area contributed by atoms with Gasteiger partial charge in [-0.15, -0.1) is 0 Å². The lowest BCUT2D eigenvalue weighted by atomic mass is 10.0. The monoisotopic (exact) mass is 165 g/mol. The predicted octanol–water partition coefficient (Wildman–Crippen LogP) is 3.07. The summed E-state index contributed by atoms with van der Waals surface area (Å²) in [5.74, 6) is 1.21. The first-order chi connectivity index (χ1) is 5.52. The highest BCUT2D eigenvalue weighted by Crippen LogP contribution is 2.22. The van der Waals surface area contributed by atoms with Gasteiger partial charge in [0.25, 0.3) is 0 Å². The van der Waals surface area contributed by atoms with Crippen LogP contribution in [0.15, 0.2) is 16.6 Å². The van der Waals surface area contributed by atoms with Gasteiger partial charge in [0.2, 0.25) is 0 Å². The number of hydrogen-bond donors (Lipinski definition) is 0. The van der Waals surface area contributed by atoms with E-state index in [4.69, 9.17) is 4.99 Å². The van der Waals surface area contributed by atoms with Crippen LogP contribution in [0.25, 0.3) is 0 Å². The molecular weight excluding hydrogens is 146 g/mol. The summed E-state index contributed by atoms with van der Waals surface area (Å²) < 4.78 is 0. The average molecular weight is 165 g/mol. The Morgan fingerprint density at radius 3 is 2.08 bits per heavy atom. The topological polar surface area (TPSA) is 12.4 Å². The zero-order chi connectivity index (χ0) is 9.30. The van der Waals surface area contributed by atoms with Crippen molar-refractivity contribution in [3.05, 3.63) is 11.6 Å². The molecule has 68 valence electrons. The van der Waals surface area contributed by atoms with Crippen LogP contribution in [-0.4, -0.2) is 11.8 Å². The molecule has 1 aliphatic heterocycles. The van der Waals surface area contributed by atoms with Crippen molar-refractivity contribution in [3.8, 4) is 0 Å². The smallest absolute Gasteiger partial charge is 0.0712 e. The van der Waals surface area contributed by atoms with Gasteiger partial charge < -0.3 is 0 Å². The molecule has 1 heteroatoms. The largest absolute Gasteiger partial charge is 0.281 e. The maximum Gasteiger partial charge on any atom is 0.0712 e. The summed E-state index contributed by atoms with van der Waals surface area (Å²) in [6.45, 7) is 11.0. The summed E-state index contributed by atoms with van der Waals surface area (Å²) in [6, 6.07) is 0.433. The molecule has 1 heterocycles. The lowest BCUT2D eigenvalue weighted by molar-refractivity contribution is 0.576. The summed E-state index contributed by atoms with van der Waals surface area (Å²) in [5, 5.41) is 0. The van der Waals surface area contributed by atoms with Crippen LogP contribution in [0.1, 0.15) is 34.6 Å². The van der Waals surface area contributed by atoms with Gasteiger partial charge in [-0.05, 0) is 24.3 Å². The van der Waals surface area contributed by atoms with E-state index in [0.29, 0.717) is 17.9 Å². The summed E-state index contributed by atoms with van der Waals surface area (Å²) in [7, 11) is 0. The normalized spacial score (nSPS) is 23.4. The van der Waals surface area contributed by atoms with Crippen LogP contribution in [-0.2, 0) is 0 Å². The van der Waals surface area contributed by atoms with Gasteiger partial charge in [-0.2, -0.15) is 0 Å². The first-order valence-electron chi connectivity index (χ1n) is 4.79. The van der Waals surface area contributed by atoms with Crippen molar-refractivity contribution >= 4 is 5.71 Å². The zero-order valence-electron chi connectivity index (χ0n) is 8.76. The van der Waals surface area contributed by atoms with Crippen LogP contribution >= 0.6 is 0 Å². The Balaban J connectivity index is 2.80. The van der Waals surface area contributed by atoms with Crippen LogP contribution in [0.5, 0.6) is 0 Å². The SMILES string of the molecule is CC1=CC(C(C)C)N=C1C(C)C. The molecule has 0 aromatic heterocycles. The molecule has 1 atom stereocenters. The molecule has 0 fully saturated rings. The molecule has 0 aliphatic carbocycles. The Morgan fingerprint density at radius 1 is 1.25 bits per heavy atom.